The van der Waals surface area contributed by atoms with E-state index in [2.05, 4.69) is 15.1 Å². The number of nitrogens with two attached hydrogens (primary N) is 1. The van der Waals surface area contributed by atoms with Crippen LogP contribution in [-0.4, -0.2) is 21.7 Å². The monoisotopic (exact) mass is 250 g/mol. The molecule has 3 rings (SSSR count). The first-order chi connectivity index (χ1) is 8.25. The second kappa shape index (κ2) is 3.78. The van der Waals surface area contributed by atoms with Gasteiger partial charge < -0.3 is 10.3 Å². The van der Waals surface area contributed by atoms with Gasteiger partial charge in [0, 0.05) is 12.7 Å². The Kier molecular flexibility index (Phi) is 2.38. The molecule has 17 heavy (non-hydrogen) atoms. The summed E-state index contributed by atoms with van der Waals surface area (Å²) < 4.78 is 5.25. The third-order valence-corrected chi connectivity index (χ3v) is 3.40. The average molecular weight is 251 g/mol. The Hall–Kier alpha value is -1.46. The number of nitrogens with zero attached hydrogens (tertiary/aromatic N) is 3. The van der Waals surface area contributed by atoms with Crippen LogP contribution in [0.2, 0.25) is 5.02 Å². The molecule has 0 spiro atoms. The molecular formula is C11H11ClN4O. The van der Waals surface area contributed by atoms with E-state index in [0.29, 0.717) is 29.0 Å². The molecule has 6 heteroatoms. The van der Waals surface area contributed by atoms with E-state index in [1.807, 2.05) is 0 Å². The second-order valence-electron chi connectivity index (χ2n) is 4.24. The average Bonchev–Trinajstić information content (AvgIpc) is 3.00. The van der Waals surface area contributed by atoms with Crippen molar-refractivity contribution in [1.82, 2.24) is 15.1 Å². The molecule has 0 aliphatic heterocycles. The van der Waals surface area contributed by atoms with Crippen molar-refractivity contribution in [3.05, 3.63) is 29.2 Å². The van der Waals surface area contributed by atoms with Crippen LogP contribution in [0.15, 0.2) is 22.9 Å². The highest BCUT2D eigenvalue weighted by atomic mass is 35.5. The molecule has 1 aliphatic rings. The minimum atomic E-state index is -0.105. The maximum Gasteiger partial charge on any atom is 0.234 e. The summed E-state index contributed by atoms with van der Waals surface area (Å²) in [6.45, 7) is 0.532. The van der Waals surface area contributed by atoms with E-state index in [-0.39, 0.29) is 5.41 Å². The van der Waals surface area contributed by atoms with Crippen LogP contribution in [0.25, 0.3) is 11.5 Å². The summed E-state index contributed by atoms with van der Waals surface area (Å²) in [4.78, 5) is 8.48. The number of pyridine rings is 1. The topological polar surface area (TPSA) is 77.8 Å². The minimum absolute atomic E-state index is 0.105. The summed E-state index contributed by atoms with van der Waals surface area (Å²) in [6, 6.07) is 3.50. The van der Waals surface area contributed by atoms with Gasteiger partial charge in [-0.05, 0) is 25.0 Å². The number of hydrogen-bond donors (Lipinski definition) is 1. The van der Waals surface area contributed by atoms with E-state index in [9.17, 15) is 0 Å². The molecule has 0 radical (unpaired) electrons. The Bertz CT molecular complexity index is 550. The van der Waals surface area contributed by atoms with Crippen molar-refractivity contribution in [3.63, 3.8) is 0 Å². The van der Waals surface area contributed by atoms with Gasteiger partial charge in [0.15, 0.2) is 0 Å². The molecule has 0 atom stereocenters. The summed E-state index contributed by atoms with van der Waals surface area (Å²) in [5, 5.41) is 4.42. The zero-order valence-corrected chi connectivity index (χ0v) is 9.81. The first-order valence-electron chi connectivity index (χ1n) is 5.40. The standard InChI is InChI=1S/C11H11ClN4O/c12-7-2-1-5-14-8(7)9-15-10(17-16-9)11(6-13)3-4-11/h1-2,5H,3-4,6,13H2. The zero-order valence-electron chi connectivity index (χ0n) is 9.06. The van der Waals surface area contributed by atoms with E-state index in [1.54, 1.807) is 18.3 Å². The SMILES string of the molecule is NCC1(c2nc(-c3ncccc3Cl)no2)CC1. The Labute approximate surface area is 103 Å². The second-order valence-corrected chi connectivity index (χ2v) is 4.65. The Morgan fingerprint density at radius 2 is 2.29 bits per heavy atom. The van der Waals surface area contributed by atoms with Gasteiger partial charge in [0.1, 0.15) is 5.69 Å². The maximum atomic E-state index is 6.02. The Balaban J connectivity index is 1.99. The lowest BCUT2D eigenvalue weighted by atomic mass is 10.1. The van der Waals surface area contributed by atoms with Gasteiger partial charge >= 0.3 is 0 Å². The lowest BCUT2D eigenvalue weighted by Crippen LogP contribution is -2.19. The van der Waals surface area contributed by atoms with Gasteiger partial charge in [0.05, 0.1) is 10.4 Å². The molecule has 1 aliphatic carbocycles. The lowest BCUT2D eigenvalue weighted by Gasteiger charge is -2.03. The minimum Gasteiger partial charge on any atom is -0.338 e. The Morgan fingerprint density at radius 3 is 2.94 bits per heavy atom. The molecule has 88 valence electrons. The summed E-state index contributed by atoms with van der Waals surface area (Å²) in [5.74, 6) is 1.02. The molecule has 0 aromatic carbocycles. The van der Waals surface area contributed by atoms with Crippen molar-refractivity contribution >= 4 is 11.6 Å². The third kappa shape index (κ3) is 1.71. The number of rotatable bonds is 3. The van der Waals surface area contributed by atoms with E-state index in [4.69, 9.17) is 21.9 Å². The van der Waals surface area contributed by atoms with Gasteiger partial charge in [-0.25, -0.2) is 0 Å². The highest BCUT2D eigenvalue weighted by Crippen LogP contribution is 2.46. The number of hydrogen-bond acceptors (Lipinski definition) is 5. The van der Waals surface area contributed by atoms with Gasteiger partial charge in [-0.2, -0.15) is 4.98 Å². The summed E-state index contributed by atoms with van der Waals surface area (Å²) in [6.07, 6.45) is 3.65. The van der Waals surface area contributed by atoms with Gasteiger partial charge in [-0.1, -0.05) is 16.8 Å². The fourth-order valence-electron chi connectivity index (χ4n) is 1.74. The van der Waals surface area contributed by atoms with Gasteiger partial charge in [0.25, 0.3) is 0 Å². The van der Waals surface area contributed by atoms with Crippen LogP contribution in [0.3, 0.4) is 0 Å². The quantitative estimate of drug-likeness (QED) is 0.898. The van der Waals surface area contributed by atoms with E-state index >= 15 is 0 Å². The van der Waals surface area contributed by atoms with Crippen LogP contribution in [-0.2, 0) is 5.41 Å². The van der Waals surface area contributed by atoms with Crippen molar-refractivity contribution in [2.75, 3.05) is 6.54 Å². The fourth-order valence-corrected chi connectivity index (χ4v) is 1.95. The Morgan fingerprint density at radius 1 is 1.47 bits per heavy atom. The molecule has 2 aromatic heterocycles. The third-order valence-electron chi connectivity index (χ3n) is 3.09. The summed E-state index contributed by atoms with van der Waals surface area (Å²) >= 11 is 6.02. The lowest BCUT2D eigenvalue weighted by molar-refractivity contribution is 0.347. The van der Waals surface area contributed by atoms with Crippen LogP contribution in [0, 0.1) is 0 Å². The molecule has 2 heterocycles. The predicted molar refractivity (Wildman–Crippen MR) is 62.5 cm³/mol. The van der Waals surface area contributed by atoms with Gasteiger partial charge in [-0.15, -0.1) is 0 Å². The molecule has 2 aromatic rings. The van der Waals surface area contributed by atoms with Crippen molar-refractivity contribution in [1.29, 1.82) is 0 Å². The smallest absolute Gasteiger partial charge is 0.234 e. The van der Waals surface area contributed by atoms with E-state index in [1.165, 1.54) is 0 Å². The highest BCUT2D eigenvalue weighted by Gasteiger charge is 2.48. The normalized spacial score (nSPS) is 17.1. The molecule has 0 bridgehead atoms. The molecule has 1 saturated carbocycles. The first kappa shape index (κ1) is 10.7. The van der Waals surface area contributed by atoms with Gasteiger partial charge in [0.2, 0.25) is 11.7 Å². The molecular weight excluding hydrogens is 240 g/mol. The molecule has 2 N–H and O–H groups in total. The van der Waals surface area contributed by atoms with E-state index < -0.39 is 0 Å². The van der Waals surface area contributed by atoms with Crippen molar-refractivity contribution in [3.8, 4) is 11.5 Å². The largest absolute Gasteiger partial charge is 0.338 e. The molecule has 5 nitrogen and oxygen atoms in total. The van der Waals surface area contributed by atoms with Crippen LogP contribution < -0.4 is 5.73 Å². The van der Waals surface area contributed by atoms with Gasteiger partial charge in [-0.3, -0.25) is 4.98 Å². The predicted octanol–water partition coefficient (Wildman–Crippen LogP) is 1.78. The zero-order chi connectivity index (χ0) is 11.9. The molecule has 1 fully saturated rings. The molecule has 0 unspecified atom stereocenters. The van der Waals surface area contributed by atoms with Crippen LogP contribution in [0.5, 0.6) is 0 Å². The summed E-state index contributed by atoms with van der Waals surface area (Å²) in [7, 11) is 0. The fraction of sp³-hybridized carbons (Fsp3) is 0.364. The van der Waals surface area contributed by atoms with Crippen molar-refractivity contribution in [2.45, 2.75) is 18.3 Å². The van der Waals surface area contributed by atoms with Crippen LogP contribution in [0.4, 0.5) is 0 Å². The van der Waals surface area contributed by atoms with E-state index in [0.717, 1.165) is 12.8 Å². The number of aromatic nitrogens is 3. The molecule has 0 amide bonds. The molecule has 0 saturated heterocycles. The first-order valence-corrected chi connectivity index (χ1v) is 5.78. The maximum absolute atomic E-state index is 6.02. The van der Waals surface area contributed by atoms with Crippen molar-refractivity contribution in [2.24, 2.45) is 5.73 Å². The number of halogens is 1. The summed E-state index contributed by atoms with van der Waals surface area (Å²) in [5.41, 5.74) is 6.14. The van der Waals surface area contributed by atoms with Crippen molar-refractivity contribution < 1.29 is 4.52 Å². The van der Waals surface area contributed by atoms with Crippen LogP contribution >= 0.6 is 11.6 Å². The highest BCUT2D eigenvalue weighted by molar-refractivity contribution is 6.32. The van der Waals surface area contributed by atoms with Crippen LogP contribution in [0.1, 0.15) is 18.7 Å².